The smallest absolute Gasteiger partial charge is 0.0818 e. The molecule has 0 aromatic heterocycles. The minimum absolute atomic E-state index is 0.108. The fourth-order valence-corrected chi connectivity index (χ4v) is 2.80. The number of nitrogens with one attached hydrogen (secondary N) is 2. The molecule has 0 radical (unpaired) electrons. The maximum atomic E-state index is 7.86. The summed E-state index contributed by atoms with van der Waals surface area (Å²) in [7, 11) is 0. The predicted molar refractivity (Wildman–Crippen MR) is 84.6 cm³/mol. The van der Waals surface area contributed by atoms with Crippen molar-refractivity contribution >= 4 is 51.9 Å². The Morgan fingerprint density at radius 1 is 1.00 bits per heavy atom. The summed E-state index contributed by atoms with van der Waals surface area (Å²) in [5.74, 6) is -0.108. The molecule has 0 aliphatic heterocycles. The highest BCUT2D eigenvalue weighted by molar-refractivity contribution is 9.18. The fourth-order valence-electron chi connectivity index (χ4n) is 2.07. The lowest BCUT2D eigenvalue weighted by atomic mass is 9.92. The van der Waals surface area contributed by atoms with E-state index in [-0.39, 0.29) is 5.92 Å². The zero-order valence-corrected chi connectivity index (χ0v) is 12.8. The molecule has 0 heterocycles. The molecule has 0 saturated carbocycles. The zero-order valence-electron chi connectivity index (χ0n) is 9.58. The molecule has 0 saturated heterocycles. The Hall–Kier alpha value is -1.00. The van der Waals surface area contributed by atoms with E-state index < -0.39 is 0 Å². The van der Waals surface area contributed by atoms with Crippen molar-refractivity contribution in [1.29, 1.82) is 10.8 Å². The maximum Gasteiger partial charge on any atom is 0.0818 e. The SMILES string of the molecule is N=C(Br)CC(C(=N)Br)c1cccc2ccccc12. The first-order valence-electron chi connectivity index (χ1n) is 5.54. The van der Waals surface area contributed by atoms with Gasteiger partial charge in [-0.05, 0) is 48.2 Å². The molecule has 2 nitrogen and oxygen atoms in total. The van der Waals surface area contributed by atoms with Crippen LogP contribution in [0.25, 0.3) is 10.8 Å². The third-order valence-electron chi connectivity index (χ3n) is 2.89. The van der Waals surface area contributed by atoms with E-state index in [1.807, 2.05) is 24.3 Å². The van der Waals surface area contributed by atoms with E-state index >= 15 is 0 Å². The van der Waals surface area contributed by atoms with Crippen LogP contribution in [0.1, 0.15) is 17.9 Å². The Balaban J connectivity index is 2.57. The van der Waals surface area contributed by atoms with Gasteiger partial charge in [0.15, 0.2) is 0 Å². The van der Waals surface area contributed by atoms with Crippen molar-refractivity contribution in [3.05, 3.63) is 48.0 Å². The number of benzene rings is 2. The summed E-state index contributed by atoms with van der Waals surface area (Å²) in [5, 5.41) is 17.7. The highest BCUT2D eigenvalue weighted by atomic mass is 79.9. The summed E-state index contributed by atoms with van der Waals surface area (Å²) in [5.41, 5.74) is 1.08. The number of fused-ring (bicyclic) bond motifs is 1. The molecular formula is C14H12Br2N2. The highest BCUT2D eigenvalue weighted by Gasteiger charge is 2.18. The van der Waals surface area contributed by atoms with Gasteiger partial charge in [0.05, 0.1) is 9.24 Å². The Labute approximate surface area is 123 Å². The Bertz CT molecular complexity index is 602. The highest BCUT2D eigenvalue weighted by Crippen LogP contribution is 2.31. The van der Waals surface area contributed by atoms with E-state index in [0.717, 1.165) is 16.3 Å². The molecule has 0 spiro atoms. The average Bonchev–Trinajstić information content (AvgIpc) is 2.35. The largest absolute Gasteiger partial charge is 0.298 e. The number of rotatable bonds is 4. The van der Waals surface area contributed by atoms with Crippen LogP contribution in [0.3, 0.4) is 0 Å². The van der Waals surface area contributed by atoms with Crippen molar-refractivity contribution in [1.82, 2.24) is 0 Å². The van der Waals surface area contributed by atoms with Gasteiger partial charge < -0.3 is 0 Å². The lowest BCUT2D eigenvalue weighted by molar-refractivity contribution is 0.964. The van der Waals surface area contributed by atoms with Gasteiger partial charge in [-0.1, -0.05) is 42.5 Å². The number of hydrogen-bond acceptors (Lipinski definition) is 2. The minimum atomic E-state index is -0.108. The number of hydrogen-bond donors (Lipinski definition) is 2. The molecule has 92 valence electrons. The van der Waals surface area contributed by atoms with E-state index in [9.17, 15) is 0 Å². The molecule has 1 atom stereocenters. The third-order valence-corrected chi connectivity index (χ3v) is 3.76. The molecule has 2 aromatic carbocycles. The average molecular weight is 368 g/mol. The first kappa shape index (κ1) is 13.4. The van der Waals surface area contributed by atoms with Crippen LogP contribution < -0.4 is 0 Å². The van der Waals surface area contributed by atoms with E-state index in [4.69, 9.17) is 10.8 Å². The van der Waals surface area contributed by atoms with Crippen LogP contribution in [0.5, 0.6) is 0 Å². The van der Waals surface area contributed by atoms with E-state index in [2.05, 4.69) is 50.1 Å². The van der Waals surface area contributed by atoms with Crippen LogP contribution in [0.4, 0.5) is 0 Å². The van der Waals surface area contributed by atoms with Gasteiger partial charge in [-0.15, -0.1) is 0 Å². The van der Waals surface area contributed by atoms with Crippen molar-refractivity contribution in [3.63, 3.8) is 0 Å². The van der Waals surface area contributed by atoms with Crippen LogP contribution in [-0.2, 0) is 0 Å². The Morgan fingerprint density at radius 3 is 2.33 bits per heavy atom. The van der Waals surface area contributed by atoms with Gasteiger partial charge in [0.25, 0.3) is 0 Å². The first-order chi connectivity index (χ1) is 8.59. The van der Waals surface area contributed by atoms with Gasteiger partial charge >= 0.3 is 0 Å². The molecule has 0 amide bonds. The molecular weight excluding hydrogens is 356 g/mol. The molecule has 4 heteroatoms. The molecule has 2 N–H and O–H groups in total. The van der Waals surface area contributed by atoms with Crippen molar-refractivity contribution < 1.29 is 0 Å². The molecule has 1 unspecified atom stereocenters. The molecule has 0 aliphatic carbocycles. The molecule has 2 rings (SSSR count). The molecule has 18 heavy (non-hydrogen) atoms. The van der Waals surface area contributed by atoms with Gasteiger partial charge in [-0.25, -0.2) is 0 Å². The topological polar surface area (TPSA) is 47.7 Å². The minimum Gasteiger partial charge on any atom is -0.298 e. The van der Waals surface area contributed by atoms with Gasteiger partial charge in [0.2, 0.25) is 0 Å². The monoisotopic (exact) mass is 366 g/mol. The van der Waals surface area contributed by atoms with Crippen LogP contribution in [-0.4, -0.2) is 9.24 Å². The Morgan fingerprint density at radius 2 is 1.67 bits per heavy atom. The second-order valence-corrected chi connectivity index (χ2v) is 5.89. The summed E-state index contributed by atoms with van der Waals surface area (Å²) < 4.78 is 0.813. The second-order valence-electron chi connectivity index (χ2n) is 4.08. The van der Waals surface area contributed by atoms with Crippen LogP contribution in [0, 0.1) is 10.8 Å². The van der Waals surface area contributed by atoms with Crippen molar-refractivity contribution in [2.24, 2.45) is 0 Å². The van der Waals surface area contributed by atoms with Gasteiger partial charge in [0, 0.05) is 12.3 Å². The van der Waals surface area contributed by atoms with E-state index in [1.54, 1.807) is 0 Å². The summed E-state index contributed by atoms with van der Waals surface area (Å²) in [6.45, 7) is 0. The van der Waals surface area contributed by atoms with Crippen LogP contribution >= 0.6 is 31.9 Å². The van der Waals surface area contributed by atoms with Crippen LogP contribution in [0.15, 0.2) is 42.5 Å². The van der Waals surface area contributed by atoms with Crippen molar-refractivity contribution in [2.75, 3.05) is 0 Å². The zero-order chi connectivity index (χ0) is 13.1. The first-order valence-corrected chi connectivity index (χ1v) is 7.12. The molecule has 0 bridgehead atoms. The maximum absolute atomic E-state index is 7.86. The predicted octanol–water partition coefficient (Wildman–Crippen LogP) is 5.06. The summed E-state index contributed by atoms with van der Waals surface area (Å²) in [6.07, 6.45) is 0.498. The van der Waals surface area contributed by atoms with Gasteiger partial charge in [0.1, 0.15) is 0 Å². The quantitative estimate of drug-likeness (QED) is 0.709. The summed E-state index contributed by atoms with van der Waals surface area (Å²) in [4.78, 5) is 0. The lowest BCUT2D eigenvalue weighted by Crippen LogP contribution is -2.09. The molecule has 2 aromatic rings. The van der Waals surface area contributed by atoms with Gasteiger partial charge in [-0.3, -0.25) is 10.8 Å². The number of halogens is 2. The molecule has 0 fully saturated rings. The molecule has 0 aliphatic rings. The normalized spacial score (nSPS) is 12.3. The third kappa shape index (κ3) is 2.87. The fraction of sp³-hybridized carbons (Fsp3) is 0.143. The summed E-state index contributed by atoms with van der Waals surface area (Å²) in [6, 6.07) is 14.2. The van der Waals surface area contributed by atoms with Crippen LogP contribution in [0.2, 0.25) is 0 Å². The van der Waals surface area contributed by atoms with Gasteiger partial charge in [-0.2, -0.15) is 0 Å². The second kappa shape index (κ2) is 5.76. The lowest BCUT2D eigenvalue weighted by Gasteiger charge is -2.16. The van der Waals surface area contributed by atoms with Crippen molar-refractivity contribution in [2.45, 2.75) is 12.3 Å². The van der Waals surface area contributed by atoms with Crippen molar-refractivity contribution in [3.8, 4) is 0 Å². The summed E-state index contributed by atoms with van der Waals surface area (Å²) >= 11 is 6.43. The standard InChI is InChI=1S/C14H12Br2N2/c15-13(17)8-12(14(16)18)11-7-3-5-9-4-1-2-6-10(9)11/h1-7,12,17-18H,8H2. The van der Waals surface area contributed by atoms with E-state index in [1.165, 1.54) is 0 Å². The van der Waals surface area contributed by atoms with E-state index in [0.29, 0.717) is 15.7 Å². The Kier molecular flexibility index (Phi) is 4.30.